The summed E-state index contributed by atoms with van der Waals surface area (Å²) in [5, 5.41) is 3.26. The average molecular weight is 296 g/mol. The van der Waals surface area contributed by atoms with E-state index in [0.717, 1.165) is 24.9 Å². The maximum Gasteiger partial charge on any atom is 0.216 e. The minimum Gasteiger partial charge on any atom is -0.313 e. The highest BCUT2D eigenvalue weighted by atomic mass is 32.2. The molecule has 0 aromatic heterocycles. The molecule has 1 atom stereocenters. The van der Waals surface area contributed by atoms with Crippen molar-refractivity contribution in [3.63, 3.8) is 0 Å². The van der Waals surface area contributed by atoms with Crippen molar-refractivity contribution >= 4 is 10.0 Å². The molecule has 2 rings (SSSR count). The molecule has 112 valence electrons. The molecule has 1 fully saturated rings. The van der Waals surface area contributed by atoms with E-state index in [1.807, 2.05) is 44.2 Å². The summed E-state index contributed by atoms with van der Waals surface area (Å²) in [4.78, 5) is 0. The first-order valence-electron chi connectivity index (χ1n) is 7.26. The lowest BCUT2D eigenvalue weighted by molar-refractivity contribution is 0.346. The molecule has 20 heavy (non-hydrogen) atoms. The van der Waals surface area contributed by atoms with Gasteiger partial charge in [0.25, 0.3) is 0 Å². The van der Waals surface area contributed by atoms with Crippen LogP contribution in [0.15, 0.2) is 30.3 Å². The van der Waals surface area contributed by atoms with E-state index in [0.29, 0.717) is 6.54 Å². The van der Waals surface area contributed by atoms with E-state index in [2.05, 4.69) is 5.32 Å². The topological polar surface area (TPSA) is 49.4 Å². The molecule has 1 saturated heterocycles. The molecule has 1 heterocycles. The molecule has 0 radical (unpaired) electrons. The zero-order valence-corrected chi connectivity index (χ0v) is 13.1. The first kappa shape index (κ1) is 15.5. The van der Waals surface area contributed by atoms with Crippen molar-refractivity contribution in [3.8, 4) is 0 Å². The highest BCUT2D eigenvalue weighted by molar-refractivity contribution is 7.89. The molecular weight excluding hydrogens is 272 g/mol. The van der Waals surface area contributed by atoms with Crippen LogP contribution in [-0.4, -0.2) is 37.1 Å². The molecule has 0 saturated carbocycles. The first-order valence-corrected chi connectivity index (χ1v) is 8.87. The summed E-state index contributed by atoms with van der Waals surface area (Å²) in [6, 6.07) is 9.86. The lowest BCUT2D eigenvalue weighted by Crippen LogP contribution is -2.42. The van der Waals surface area contributed by atoms with Crippen LogP contribution in [0.1, 0.15) is 32.3 Å². The highest BCUT2D eigenvalue weighted by Gasteiger charge is 2.29. The summed E-state index contributed by atoms with van der Waals surface area (Å²) >= 11 is 0. The quantitative estimate of drug-likeness (QED) is 0.873. The third-order valence-electron chi connectivity index (χ3n) is 3.69. The van der Waals surface area contributed by atoms with Crippen molar-refractivity contribution in [2.45, 2.75) is 45.3 Å². The number of hydrogen-bond acceptors (Lipinski definition) is 3. The number of nitrogens with zero attached hydrogens (tertiary/aromatic N) is 1. The van der Waals surface area contributed by atoms with Crippen molar-refractivity contribution in [1.82, 2.24) is 9.62 Å². The Kier molecular flexibility index (Phi) is 5.18. The van der Waals surface area contributed by atoms with E-state index < -0.39 is 10.0 Å². The Bertz CT molecular complexity index is 508. The lowest BCUT2D eigenvalue weighted by atomic mass is 10.2. The van der Waals surface area contributed by atoms with Crippen LogP contribution in [-0.2, 0) is 16.6 Å². The molecule has 5 heteroatoms. The highest BCUT2D eigenvalue weighted by Crippen LogP contribution is 2.17. The second-order valence-corrected chi connectivity index (χ2v) is 7.66. The van der Waals surface area contributed by atoms with Gasteiger partial charge in [0.05, 0.1) is 5.75 Å². The zero-order chi connectivity index (χ0) is 14.6. The van der Waals surface area contributed by atoms with Crippen molar-refractivity contribution in [2.24, 2.45) is 0 Å². The number of sulfonamides is 1. The van der Waals surface area contributed by atoms with E-state index in [1.54, 1.807) is 4.31 Å². The van der Waals surface area contributed by atoms with Crippen molar-refractivity contribution in [3.05, 3.63) is 35.9 Å². The molecule has 0 aliphatic carbocycles. The Hall–Kier alpha value is -0.910. The Morgan fingerprint density at radius 1 is 1.30 bits per heavy atom. The predicted octanol–water partition coefficient (Wildman–Crippen LogP) is 1.98. The molecule has 1 N–H and O–H groups in total. The molecule has 0 amide bonds. The summed E-state index contributed by atoms with van der Waals surface area (Å²) in [5.41, 5.74) is 1.03. The fraction of sp³-hybridized carbons (Fsp3) is 0.600. The van der Waals surface area contributed by atoms with Gasteiger partial charge < -0.3 is 5.32 Å². The molecule has 1 aliphatic rings. The van der Waals surface area contributed by atoms with Gasteiger partial charge in [0.1, 0.15) is 0 Å². The van der Waals surface area contributed by atoms with Crippen LogP contribution in [0, 0.1) is 0 Å². The number of nitrogens with one attached hydrogen (secondary N) is 1. The minimum atomic E-state index is -3.23. The maximum absolute atomic E-state index is 12.6. The monoisotopic (exact) mass is 296 g/mol. The maximum atomic E-state index is 12.6. The van der Waals surface area contributed by atoms with Crippen LogP contribution >= 0.6 is 0 Å². The average Bonchev–Trinajstić information content (AvgIpc) is 2.88. The van der Waals surface area contributed by atoms with E-state index in [9.17, 15) is 8.42 Å². The van der Waals surface area contributed by atoms with Crippen LogP contribution in [0.5, 0.6) is 0 Å². The fourth-order valence-corrected chi connectivity index (χ4v) is 4.59. The Morgan fingerprint density at radius 2 is 2.00 bits per heavy atom. The molecule has 1 aliphatic heterocycles. The van der Waals surface area contributed by atoms with Gasteiger partial charge >= 0.3 is 0 Å². The van der Waals surface area contributed by atoms with Crippen molar-refractivity contribution < 1.29 is 8.42 Å². The molecule has 0 spiro atoms. The summed E-state index contributed by atoms with van der Waals surface area (Å²) in [5.74, 6) is 0.206. The normalized spacial score (nSPS) is 19.9. The van der Waals surface area contributed by atoms with Crippen molar-refractivity contribution in [2.75, 3.05) is 12.3 Å². The van der Waals surface area contributed by atoms with Gasteiger partial charge in [0.2, 0.25) is 10.0 Å². The zero-order valence-electron chi connectivity index (χ0n) is 12.2. The summed E-state index contributed by atoms with van der Waals surface area (Å²) in [6.45, 7) is 5.25. The van der Waals surface area contributed by atoms with Crippen LogP contribution in [0.3, 0.4) is 0 Å². The number of hydrogen-bond donors (Lipinski definition) is 1. The fourth-order valence-electron chi connectivity index (χ4n) is 2.61. The first-order chi connectivity index (χ1) is 9.49. The second-order valence-electron chi connectivity index (χ2n) is 5.70. The SMILES string of the molecule is CC(C)N(Cc1ccccc1)S(=O)(=O)CC1CCCN1. The van der Waals surface area contributed by atoms with E-state index >= 15 is 0 Å². The molecule has 4 nitrogen and oxygen atoms in total. The lowest BCUT2D eigenvalue weighted by Gasteiger charge is -2.27. The number of benzene rings is 1. The Labute approximate surface area is 122 Å². The summed E-state index contributed by atoms with van der Waals surface area (Å²) < 4.78 is 26.9. The number of rotatable bonds is 6. The van der Waals surface area contributed by atoms with Crippen LogP contribution in [0.2, 0.25) is 0 Å². The molecular formula is C15H24N2O2S. The third kappa shape index (κ3) is 4.04. The molecule has 1 unspecified atom stereocenters. The minimum absolute atomic E-state index is 0.0263. The molecule has 1 aromatic rings. The predicted molar refractivity (Wildman–Crippen MR) is 81.9 cm³/mol. The smallest absolute Gasteiger partial charge is 0.216 e. The van der Waals surface area contributed by atoms with Crippen LogP contribution in [0.25, 0.3) is 0 Å². The van der Waals surface area contributed by atoms with E-state index in [-0.39, 0.29) is 17.8 Å². The van der Waals surface area contributed by atoms with E-state index in [4.69, 9.17) is 0 Å². The third-order valence-corrected chi connectivity index (χ3v) is 5.78. The largest absolute Gasteiger partial charge is 0.313 e. The standard InChI is InChI=1S/C15H24N2O2S/c1-13(2)17(11-14-7-4-3-5-8-14)20(18,19)12-15-9-6-10-16-15/h3-5,7-8,13,15-16H,6,9-12H2,1-2H3. The Balaban J connectivity index is 2.10. The summed E-state index contributed by atoms with van der Waals surface area (Å²) in [6.07, 6.45) is 2.02. The van der Waals surface area contributed by atoms with Gasteiger partial charge in [-0.1, -0.05) is 30.3 Å². The summed E-state index contributed by atoms with van der Waals surface area (Å²) in [7, 11) is -3.23. The van der Waals surface area contributed by atoms with Gasteiger partial charge in [-0.2, -0.15) is 4.31 Å². The molecule has 0 bridgehead atoms. The van der Waals surface area contributed by atoms with Gasteiger partial charge in [0.15, 0.2) is 0 Å². The second kappa shape index (κ2) is 6.70. The Morgan fingerprint density at radius 3 is 2.55 bits per heavy atom. The van der Waals surface area contributed by atoms with Crippen LogP contribution < -0.4 is 5.32 Å². The van der Waals surface area contributed by atoms with E-state index in [1.165, 1.54) is 0 Å². The van der Waals surface area contributed by atoms with Gasteiger partial charge in [-0.3, -0.25) is 0 Å². The van der Waals surface area contributed by atoms with Gasteiger partial charge in [-0.15, -0.1) is 0 Å². The van der Waals surface area contributed by atoms with Gasteiger partial charge in [-0.05, 0) is 38.8 Å². The van der Waals surface area contributed by atoms with Gasteiger partial charge in [-0.25, -0.2) is 8.42 Å². The molecule has 1 aromatic carbocycles. The van der Waals surface area contributed by atoms with Crippen LogP contribution in [0.4, 0.5) is 0 Å². The van der Waals surface area contributed by atoms with Crippen molar-refractivity contribution in [1.29, 1.82) is 0 Å². The van der Waals surface area contributed by atoms with Gasteiger partial charge in [0, 0.05) is 18.6 Å².